The van der Waals surface area contributed by atoms with Crippen LogP contribution in [0, 0.1) is 32.4 Å². The average molecular weight is 375 g/mol. The van der Waals surface area contributed by atoms with Gasteiger partial charge in [0.2, 0.25) is 0 Å². The van der Waals surface area contributed by atoms with Gasteiger partial charge in [-0.05, 0) is 51.0 Å². The molecule has 1 aromatic carbocycles. The number of aryl methyl sites for hydroxylation is 3. The number of halogens is 2. The molecule has 1 atom stereocenters. The first-order chi connectivity index (χ1) is 12.2. The normalized spacial score (nSPS) is 12.4. The zero-order valence-corrected chi connectivity index (χ0v) is 16.0. The highest BCUT2D eigenvalue weighted by Gasteiger charge is 2.25. The Labute approximate surface area is 154 Å². The molecule has 0 fully saturated rings. The standard InChI is InChI=1S/C19H19F2N3OS/c1-9-16-10(2)22-12(4)23-18(16)26-17(9)19(25)24(5)11(3)13-6-7-14(20)15(21)8-13/h6-8,11H,1-5H3. The van der Waals surface area contributed by atoms with Gasteiger partial charge in [-0.3, -0.25) is 4.79 Å². The summed E-state index contributed by atoms with van der Waals surface area (Å²) in [5.74, 6) is -1.34. The molecule has 0 bridgehead atoms. The maximum absolute atomic E-state index is 13.5. The lowest BCUT2D eigenvalue weighted by atomic mass is 10.1. The van der Waals surface area contributed by atoms with Crippen LogP contribution in [0.2, 0.25) is 0 Å². The summed E-state index contributed by atoms with van der Waals surface area (Å²) in [6.45, 7) is 7.38. The van der Waals surface area contributed by atoms with Crippen molar-refractivity contribution in [1.29, 1.82) is 0 Å². The highest BCUT2D eigenvalue weighted by molar-refractivity contribution is 7.20. The fraction of sp³-hybridized carbons (Fsp3) is 0.316. The molecule has 0 aliphatic carbocycles. The molecule has 4 nitrogen and oxygen atoms in total. The van der Waals surface area contributed by atoms with Crippen LogP contribution >= 0.6 is 11.3 Å². The molecular weight excluding hydrogens is 356 g/mol. The Morgan fingerprint density at radius 1 is 1.15 bits per heavy atom. The van der Waals surface area contributed by atoms with Crippen molar-refractivity contribution in [2.75, 3.05) is 7.05 Å². The molecule has 0 spiro atoms. The van der Waals surface area contributed by atoms with Crippen LogP contribution in [-0.4, -0.2) is 27.8 Å². The Kier molecular flexibility index (Phi) is 4.75. The first kappa shape index (κ1) is 18.4. The van der Waals surface area contributed by atoms with Crippen LogP contribution in [0.5, 0.6) is 0 Å². The summed E-state index contributed by atoms with van der Waals surface area (Å²) in [6, 6.07) is 3.28. The third-order valence-corrected chi connectivity index (χ3v) is 5.78. The summed E-state index contributed by atoms with van der Waals surface area (Å²) < 4.78 is 26.7. The van der Waals surface area contributed by atoms with Crippen molar-refractivity contribution in [3.8, 4) is 0 Å². The molecule has 0 aliphatic heterocycles. The minimum Gasteiger partial charge on any atom is -0.334 e. The van der Waals surface area contributed by atoms with Gasteiger partial charge < -0.3 is 4.90 Å². The number of hydrogen-bond donors (Lipinski definition) is 0. The molecule has 3 rings (SSSR count). The Bertz CT molecular complexity index is 1020. The van der Waals surface area contributed by atoms with Crippen molar-refractivity contribution in [2.24, 2.45) is 0 Å². The van der Waals surface area contributed by atoms with Crippen LogP contribution < -0.4 is 0 Å². The molecule has 0 radical (unpaired) electrons. The second kappa shape index (κ2) is 6.72. The van der Waals surface area contributed by atoms with Gasteiger partial charge in [0.15, 0.2) is 11.6 Å². The SMILES string of the molecule is Cc1nc(C)c2c(C)c(C(=O)N(C)C(C)c3ccc(F)c(F)c3)sc2n1. The maximum atomic E-state index is 13.5. The number of aromatic nitrogens is 2. The number of nitrogens with zero attached hydrogens (tertiary/aromatic N) is 3. The van der Waals surface area contributed by atoms with Gasteiger partial charge >= 0.3 is 0 Å². The molecule has 0 aliphatic rings. The van der Waals surface area contributed by atoms with E-state index >= 15 is 0 Å². The first-order valence-corrected chi connectivity index (χ1v) is 8.98. The van der Waals surface area contributed by atoms with Gasteiger partial charge in [0.1, 0.15) is 10.7 Å². The number of benzene rings is 1. The summed E-state index contributed by atoms with van der Waals surface area (Å²) in [5.41, 5.74) is 2.22. The highest BCUT2D eigenvalue weighted by atomic mass is 32.1. The summed E-state index contributed by atoms with van der Waals surface area (Å²) in [6.07, 6.45) is 0. The van der Waals surface area contributed by atoms with E-state index in [9.17, 15) is 13.6 Å². The lowest BCUT2D eigenvalue weighted by Crippen LogP contribution is -2.29. The largest absolute Gasteiger partial charge is 0.334 e. The third kappa shape index (κ3) is 3.07. The topological polar surface area (TPSA) is 46.1 Å². The van der Waals surface area contributed by atoms with E-state index in [1.165, 1.54) is 22.3 Å². The molecule has 2 aromatic heterocycles. The highest BCUT2D eigenvalue weighted by Crippen LogP contribution is 2.33. The molecule has 136 valence electrons. The van der Waals surface area contributed by atoms with E-state index in [2.05, 4.69) is 9.97 Å². The van der Waals surface area contributed by atoms with E-state index < -0.39 is 17.7 Å². The Morgan fingerprint density at radius 3 is 2.50 bits per heavy atom. The maximum Gasteiger partial charge on any atom is 0.264 e. The second-order valence-corrected chi connectivity index (χ2v) is 7.36. The van der Waals surface area contributed by atoms with Crippen LogP contribution in [-0.2, 0) is 0 Å². The molecule has 0 N–H and O–H groups in total. The predicted molar refractivity (Wildman–Crippen MR) is 98.5 cm³/mol. The number of thiophene rings is 1. The molecule has 1 amide bonds. The van der Waals surface area contributed by atoms with E-state index in [-0.39, 0.29) is 5.91 Å². The Balaban J connectivity index is 1.98. The van der Waals surface area contributed by atoms with Crippen LogP contribution in [0.15, 0.2) is 18.2 Å². The summed E-state index contributed by atoms with van der Waals surface area (Å²) in [4.78, 5) is 24.7. The number of carbonyl (C=O) groups excluding carboxylic acids is 1. The number of carbonyl (C=O) groups is 1. The van der Waals surface area contributed by atoms with Crippen LogP contribution in [0.4, 0.5) is 8.78 Å². The van der Waals surface area contributed by atoms with Crippen molar-refractivity contribution in [3.63, 3.8) is 0 Å². The monoisotopic (exact) mass is 375 g/mol. The van der Waals surface area contributed by atoms with Crippen molar-refractivity contribution in [1.82, 2.24) is 14.9 Å². The van der Waals surface area contributed by atoms with Crippen molar-refractivity contribution in [2.45, 2.75) is 33.7 Å². The zero-order chi connectivity index (χ0) is 19.2. The fourth-order valence-corrected chi connectivity index (χ4v) is 4.27. The summed E-state index contributed by atoms with van der Waals surface area (Å²) >= 11 is 1.33. The predicted octanol–water partition coefficient (Wildman–Crippen LogP) is 4.73. The third-order valence-electron chi connectivity index (χ3n) is 4.60. The minimum atomic E-state index is -0.922. The molecular formula is C19H19F2N3OS. The first-order valence-electron chi connectivity index (χ1n) is 8.17. The number of amides is 1. The molecule has 1 unspecified atom stereocenters. The lowest BCUT2D eigenvalue weighted by Gasteiger charge is -2.25. The van der Waals surface area contributed by atoms with E-state index in [4.69, 9.17) is 0 Å². The summed E-state index contributed by atoms with van der Waals surface area (Å²) in [5, 5.41) is 0.901. The zero-order valence-electron chi connectivity index (χ0n) is 15.2. The molecule has 7 heteroatoms. The van der Waals surface area contributed by atoms with Gasteiger partial charge in [0, 0.05) is 18.1 Å². The van der Waals surface area contributed by atoms with Crippen molar-refractivity contribution < 1.29 is 13.6 Å². The van der Waals surface area contributed by atoms with Crippen molar-refractivity contribution in [3.05, 3.63) is 57.4 Å². The van der Waals surface area contributed by atoms with E-state index in [0.717, 1.165) is 33.6 Å². The van der Waals surface area contributed by atoms with Gasteiger partial charge in [-0.1, -0.05) is 6.07 Å². The number of rotatable bonds is 3. The van der Waals surface area contributed by atoms with Gasteiger partial charge in [0.05, 0.1) is 10.9 Å². The lowest BCUT2D eigenvalue weighted by molar-refractivity contribution is 0.0746. The van der Waals surface area contributed by atoms with E-state index in [1.54, 1.807) is 14.0 Å². The molecule has 3 aromatic rings. The second-order valence-electron chi connectivity index (χ2n) is 6.36. The van der Waals surface area contributed by atoms with Crippen LogP contribution in [0.1, 0.15) is 45.3 Å². The van der Waals surface area contributed by atoms with E-state index in [0.29, 0.717) is 16.3 Å². The number of hydrogen-bond acceptors (Lipinski definition) is 4. The molecule has 0 saturated carbocycles. The van der Waals surface area contributed by atoms with Gasteiger partial charge in [0.25, 0.3) is 5.91 Å². The van der Waals surface area contributed by atoms with Crippen LogP contribution in [0.25, 0.3) is 10.2 Å². The minimum absolute atomic E-state index is 0.181. The quantitative estimate of drug-likeness (QED) is 0.665. The van der Waals surface area contributed by atoms with Crippen LogP contribution in [0.3, 0.4) is 0 Å². The molecule has 26 heavy (non-hydrogen) atoms. The molecule has 0 saturated heterocycles. The van der Waals surface area contributed by atoms with Crippen molar-refractivity contribution >= 4 is 27.5 Å². The van der Waals surface area contributed by atoms with E-state index in [1.807, 2.05) is 20.8 Å². The fourth-order valence-electron chi connectivity index (χ4n) is 3.01. The van der Waals surface area contributed by atoms with Gasteiger partial charge in [-0.15, -0.1) is 11.3 Å². The van der Waals surface area contributed by atoms with Gasteiger partial charge in [-0.2, -0.15) is 0 Å². The number of fused-ring (bicyclic) bond motifs is 1. The Hall–Kier alpha value is -2.41. The van der Waals surface area contributed by atoms with Gasteiger partial charge in [-0.25, -0.2) is 18.7 Å². The summed E-state index contributed by atoms with van der Waals surface area (Å²) in [7, 11) is 1.65. The smallest absolute Gasteiger partial charge is 0.264 e. The molecule has 2 heterocycles. The Morgan fingerprint density at radius 2 is 1.85 bits per heavy atom. The average Bonchev–Trinajstić information content (AvgIpc) is 2.92.